The van der Waals surface area contributed by atoms with Gasteiger partial charge in [0.25, 0.3) is 0 Å². The molecule has 0 aliphatic heterocycles. The van der Waals surface area contributed by atoms with Crippen molar-refractivity contribution in [3.05, 3.63) is 84.6 Å². The number of carbonyl (C=O) groups excluding carboxylic acids is 1. The van der Waals surface area contributed by atoms with Gasteiger partial charge in [0.15, 0.2) is 0 Å². The third kappa shape index (κ3) is 5.53. The van der Waals surface area contributed by atoms with Crippen molar-refractivity contribution in [2.75, 3.05) is 18.4 Å². The highest BCUT2D eigenvalue weighted by atomic mass is 16.4. The van der Waals surface area contributed by atoms with Crippen LogP contribution in [-0.4, -0.2) is 50.9 Å². The first-order chi connectivity index (χ1) is 16.9. The van der Waals surface area contributed by atoms with Gasteiger partial charge in [0, 0.05) is 29.1 Å². The van der Waals surface area contributed by atoms with Gasteiger partial charge in [-0.1, -0.05) is 48.5 Å². The van der Waals surface area contributed by atoms with Crippen molar-refractivity contribution in [3.8, 4) is 16.9 Å². The Morgan fingerprint density at radius 3 is 2.34 bits per heavy atom. The molecular formula is C26H22N4O5. The van der Waals surface area contributed by atoms with Crippen molar-refractivity contribution in [1.82, 2.24) is 15.1 Å². The number of rotatable bonds is 9. The van der Waals surface area contributed by atoms with Gasteiger partial charge in [-0.15, -0.1) is 0 Å². The van der Waals surface area contributed by atoms with Gasteiger partial charge in [-0.2, -0.15) is 5.10 Å². The zero-order valence-electron chi connectivity index (χ0n) is 18.5. The van der Waals surface area contributed by atoms with E-state index in [9.17, 15) is 19.5 Å². The highest BCUT2D eigenvalue weighted by Gasteiger charge is 2.18. The number of fused-ring (bicyclic) bond motifs is 1. The molecule has 176 valence electrons. The number of nitrogens with one attached hydrogen (secondary N) is 2. The Balaban J connectivity index is 1.87. The minimum Gasteiger partial charge on any atom is -0.480 e. The molecule has 4 rings (SSSR count). The Hall–Kier alpha value is -4.92. The molecule has 9 nitrogen and oxygen atoms in total. The Bertz CT molecular complexity index is 1430. The van der Waals surface area contributed by atoms with Gasteiger partial charge in [-0.3, -0.25) is 14.4 Å². The van der Waals surface area contributed by atoms with Gasteiger partial charge < -0.3 is 20.8 Å². The number of aromatic nitrogens is 2. The predicted octanol–water partition coefficient (Wildman–Crippen LogP) is 3.40. The second-order valence-corrected chi connectivity index (χ2v) is 7.61. The maximum absolute atomic E-state index is 12.1. The van der Waals surface area contributed by atoms with Crippen LogP contribution in [0.3, 0.4) is 0 Å². The summed E-state index contributed by atoms with van der Waals surface area (Å²) in [5, 5.41) is 29.8. The predicted molar refractivity (Wildman–Crippen MR) is 132 cm³/mol. The van der Waals surface area contributed by atoms with E-state index in [1.165, 1.54) is 6.08 Å². The number of anilines is 1. The summed E-state index contributed by atoms with van der Waals surface area (Å²) in [5.74, 6) is -2.71. The van der Waals surface area contributed by atoms with E-state index in [4.69, 9.17) is 10.2 Å². The van der Waals surface area contributed by atoms with E-state index in [0.29, 0.717) is 22.5 Å². The van der Waals surface area contributed by atoms with Crippen LogP contribution in [0.15, 0.2) is 79.0 Å². The average Bonchev–Trinajstić information content (AvgIpc) is 3.28. The zero-order chi connectivity index (χ0) is 24.8. The fourth-order valence-corrected chi connectivity index (χ4v) is 3.65. The Morgan fingerprint density at radius 2 is 1.60 bits per heavy atom. The lowest BCUT2D eigenvalue weighted by molar-refractivity contribution is -0.137. The second-order valence-electron chi connectivity index (χ2n) is 7.61. The highest BCUT2D eigenvalue weighted by Crippen LogP contribution is 2.37. The molecule has 1 heterocycles. The van der Waals surface area contributed by atoms with Crippen molar-refractivity contribution >= 4 is 40.4 Å². The summed E-state index contributed by atoms with van der Waals surface area (Å²) in [6, 6.07) is 20.8. The van der Waals surface area contributed by atoms with E-state index in [1.807, 2.05) is 60.7 Å². The normalized spacial score (nSPS) is 11.0. The molecule has 4 aromatic rings. The van der Waals surface area contributed by atoms with Crippen molar-refractivity contribution < 1.29 is 24.6 Å². The summed E-state index contributed by atoms with van der Waals surface area (Å²) in [5.41, 5.74) is 3.18. The van der Waals surface area contributed by atoms with Crippen LogP contribution < -0.4 is 10.6 Å². The van der Waals surface area contributed by atoms with E-state index < -0.39 is 24.4 Å². The summed E-state index contributed by atoms with van der Waals surface area (Å²) in [7, 11) is 0. The largest absolute Gasteiger partial charge is 0.480 e. The summed E-state index contributed by atoms with van der Waals surface area (Å²) in [6.45, 7) is -0.778. The van der Waals surface area contributed by atoms with E-state index in [0.717, 1.165) is 16.5 Å². The lowest BCUT2D eigenvalue weighted by Gasteiger charge is -2.13. The number of amides is 1. The molecule has 0 atom stereocenters. The van der Waals surface area contributed by atoms with Crippen LogP contribution in [0.4, 0.5) is 5.69 Å². The lowest BCUT2D eigenvalue weighted by atomic mass is 9.97. The van der Waals surface area contributed by atoms with Crippen LogP contribution in [0.25, 0.3) is 33.8 Å². The maximum Gasteiger partial charge on any atom is 0.322 e. The van der Waals surface area contributed by atoms with Crippen LogP contribution in [0.5, 0.6) is 0 Å². The number of benzene rings is 3. The number of nitrogens with zero attached hydrogens (tertiary/aromatic N) is 2. The van der Waals surface area contributed by atoms with Gasteiger partial charge in [0.05, 0.1) is 5.69 Å². The van der Waals surface area contributed by atoms with Crippen LogP contribution in [0.2, 0.25) is 0 Å². The summed E-state index contributed by atoms with van der Waals surface area (Å²) in [6.07, 6.45) is 4.56. The number of carboxylic acids is 2. The van der Waals surface area contributed by atoms with Gasteiger partial charge >= 0.3 is 11.9 Å². The minimum absolute atomic E-state index is 0.284. The molecule has 0 aliphatic carbocycles. The fraction of sp³-hybridized carbons (Fsp3) is 0.0769. The molecule has 0 fully saturated rings. The molecule has 0 spiro atoms. The van der Waals surface area contributed by atoms with E-state index in [2.05, 4.69) is 10.6 Å². The molecule has 1 amide bonds. The summed E-state index contributed by atoms with van der Waals surface area (Å²) >= 11 is 0. The molecule has 0 aliphatic rings. The number of carboxylic acid groups (broad SMARTS) is 2. The molecule has 4 N–H and O–H groups in total. The summed E-state index contributed by atoms with van der Waals surface area (Å²) in [4.78, 5) is 34.1. The van der Waals surface area contributed by atoms with Crippen LogP contribution in [0, 0.1) is 0 Å². The first-order valence-corrected chi connectivity index (χ1v) is 10.7. The Labute approximate surface area is 200 Å². The number of hydrogen-bond donors (Lipinski definition) is 4. The van der Waals surface area contributed by atoms with E-state index in [1.54, 1.807) is 23.0 Å². The molecule has 0 unspecified atom stereocenters. The fourth-order valence-electron chi connectivity index (χ4n) is 3.65. The maximum atomic E-state index is 12.1. The van der Waals surface area contributed by atoms with Gasteiger partial charge in [0.2, 0.25) is 5.91 Å². The molecule has 35 heavy (non-hydrogen) atoms. The molecular weight excluding hydrogens is 448 g/mol. The second kappa shape index (κ2) is 10.3. The number of aliphatic carboxylic acids is 2. The molecule has 0 saturated heterocycles. The third-order valence-electron chi connectivity index (χ3n) is 5.19. The van der Waals surface area contributed by atoms with Gasteiger partial charge in [-0.05, 0) is 35.0 Å². The molecule has 9 heteroatoms. The number of para-hydroxylation sites is 1. The minimum atomic E-state index is -1.14. The van der Waals surface area contributed by atoms with E-state index in [-0.39, 0.29) is 6.54 Å². The average molecular weight is 470 g/mol. The number of carbonyl (C=O) groups is 3. The molecule has 0 bridgehead atoms. The topological polar surface area (TPSA) is 134 Å². The van der Waals surface area contributed by atoms with E-state index >= 15 is 0 Å². The monoisotopic (exact) mass is 470 g/mol. The first-order valence-electron chi connectivity index (χ1n) is 10.7. The lowest BCUT2D eigenvalue weighted by Crippen LogP contribution is -2.27. The van der Waals surface area contributed by atoms with Crippen LogP contribution in [0.1, 0.15) is 5.56 Å². The van der Waals surface area contributed by atoms with Gasteiger partial charge in [0.1, 0.15) is 18.8 Å². The Morgan fingerprint density at radius 1 is 0.886 bits per heavy atom. The smallest absolute Gasteiger partial charge is 0.322 e. The van der Waals surface area contributed by atoms with Crippen LogP contribution in [-0.2, 0) is 14.4 Å². The van der Waals surface area contributed by atoms with Crippen molar-refractivity contribution in [2.45, 2.75) is 0 Å². The van der Waals surface area contributed by atoms with Crippen molar-refractivity contribution in [1.29, 1.82) is 0 Å². The standard InChI is InChI=1S/C26H22N4O5/c31-22(28-15-24(34)35)13-11-18-16-30(19-7-2-1-3-8-19)29-26(18)25-20-9-5-4-6-17(20)10-12-21(25)27-14-23(32)33/h1-13,16,27H,14-15H2,(H,28,31)(H,32,33)(H,34,35)/b13-11+. The zero-order valence-corrected chi connectivity index (χ0v) is 18.5. The molecule has 3 aromatic carbocycles. The SMILES string of the molecule is O=C(O)CNC(=O)/C=C/c1cn(-c2ccccc2)nc1-c1c(NCC(=O)O)ccc2ccccc12. The Kier molecular flexibility index (Phi) is 6.87. The molecule has 0 radical (unpaired) electrons. The van der Waals surface area contributed by atoms with Crippen LogP contribution >= 0.6 is 0 Å². The highest BCUT2D eigenvalue weighted by molar-refractivity contribution is 6.04. The molecule has 0 saturated carbocycles. The first kappa shape index (κ1) is 23.2. The number of hydrogen-bond acceptors (Lipinski definition) is 5. The quantitative estimate of drug-likeness (QED) is 0.276. The third-order valence-corrected chi connectivity index (χ3v) is 5.19. The van der Waals surface area contributed by atoms with Gasteiger partial charge in [-0.25, -0.2) is 4.68 Å². The van der Waals surface area contributed by atoms with Crippen molar-refractivity contribution in [2.24, 2.45) is 0 Å². The summed E-state index contributed by atoms with van der Waals surface area (Å²) < 4.78 is 1.67. The molecule has 1 aromatic heterocycles. The van der Waals surface area contributed by atoms with Crippen molar-refractivity contribution in [3.63, 3.8) is 0 Å².